The predicted molar refractivity (Wildman–Crippen MR) is 330 cm³/mol. The summed E-state index contributed by atoms with van der Waals surface area (Å²) >= 11 is 0. The Kier molecular flexibility index (Phi) is 12.4. The molecule has 0 fully saturated rings. The van der Waals surface area contributed by atoms with Gasteiger partial charge in [-0.15, -0.1) is 0 Å². The van der Waals surface area contributed by atoms with Crippen LogP contribution in [0.25, 0.3) is 81.7 Å². The van der Waals surface area contributed by atoms with Crippen LogP contribution in [0.3, 0.4) is 0 Å². The molecule has 0 saturated heterocycles. The minimum atomic E-state index is -0.0262. The second-order valence-electron chi connectivity index (χ2n) is 22.5. The smallest absolute Gasteiger partial charge is 0.187 e. The molecule has 0 aliphatic rings. The predicted octanol–water partition coefficient (Wildman–Crippen LogP) is 21.2. The van der Waals surface area contributed by atoms with Gasteiger partial charge in [-0.1, -0.05) is 199 Å². The molecule has 0 N–H and O–H groups in total. The first-order valence-electron chi connectivity index (χ1n) is 26.7. The molecule has 0 amide bonds. The van der Waals surface area contributed by atoms with E-state index >= 15 is 0 Å². The lowest BCUT2D eigenvalue weighted by molar-refractivity contribution is 0.590. The van der Waals surface area contributed by atoms with Crippen LogP contribution >= 0.6 is 0 Å². The van der Waals surface area contributed by atoms with Gasteiger partial charge in [0.15, 0.2) is 5.69 Å². The molecular formula is C74H58N4. The van der Waals surface area contributed by atoms with E-state index in [9.17, 15) is 5.26 Å². The molecule has 0 heterocycles. The van der Waals surface area contributed by atoms with Crippen molar-refractivity contribution in [2.75, 3.05) is 9.80 Å². The van der Waals surface area contributed by atoms with Crippen LogP contribution in [0.15, 0.2) is 243 Å². The molecule has 4 nitrogen and oxygen atoms in total. The Balaban J connectivity index is 1.11. The Labute approximate surface area is 458 Å². The number of hydrogen-bond acceptors (Lipinski definition) is 3. The fourth-order valence-electron chi connectivity index (χ4n) is 11.1. The van der Waals surface area contributed by atoms with Crippen LogP contribution in [0.2, 0.25) is 0 Å². The van der Waals surface area contributed by atoms with Gasteiger partial charge in [0.05, 0.1) is 29.6 Å². The first-order chi connectivity index (χ1) is 37.8. The second kappa shape index (κ2) is 19.8. The summed E-state index contributed by atoms with van der Waals surface area (Å²) in [6, 6.07) is 89.7. The van der Waals surface area contributed by atoms with Crippen molar-refractivity contribution in [3.63, 3.8) is 0 Å². The highest BCUT2D eigenvalue weighted by atomic mass is 15.2. The van der Waals surface area contributed by atoms with Crippen LogP contribution < -0.4 is 9.80 Å². The van der Waals surface area contributed by atoms with Crippen LogP contribution in [0.4, 0.5) is 39.8 Å². The van der Waals surface area contributed by atoms with E-state index in [1.165, 1.54) is 32.7 Å². The molecule has 0 saturated carbocycles. The summed E-state index contributed by atoms with van der Waals surface area (Å²) in [4.78, 5) is 8.58. The van der Waals surface area contributed by atoms with E-state index in [4.69, 9.17) is 6.57 Å². The molecule has 0 spiro atoms. The lowest BCUT2D eigenvalue weighted by atomic mass is 9.87. The molecule has 0 aliphatic carbocycles. The minimum Gasteiger partial charge on any atom is -0.310 e. The maximum Gasteiger partial charge on any atom is 0.187 e. The number of hydrogen-bond donors (Lipinski definition) is 0. The summed E-state index contributed by atoms with van der Waals surface area (Å²) < 4.78 is 0. The molecule has 12 aromatic carbocycles. The van der Waals surface area contributed by atoms with Crippen molar-refractivity contribution >= 4 is 72.1 Å². The molecule has 0 atom stereocenters. The third-order valence-electron chi connectivity index (χ3n) is 15.3. The number of rotatable bonds is 10. The number of nitriles is 1. The van der Waals surface area contributed by atoms with Gasteiger partial charge in [-0.05, 0) is 173 Å². The van der Waals surface area contributed by atoms with E-state index in [0.717, 1.165) is 89.4 Å². The van der Waals surface area contributed by atoms with E-state index in [-0.39, 0.29) is 10.8 Å². The van der Waals surface area contributed by atoms with Gasteiger partial charge in [-0.25, -0.2) is 4.85 Å². The van der Waals surface area contributed by atoms with Gasteiger partial charge in [0.2, 0.25) is 0 Å². The Morgan fingerprint density at radius 2 is 0.718 bits per heavy atom. The van der Waals surface area contributed by atoms with Gasteiger partial charge in [-0.3, -0.25) is 0 Å². The zero-order chi connectivity index (χ0) is 53.7. The highest BCUT2D eigenvalue weighted by Crippen LogP contribution is 2.50. The topological polar surface area (TPSA) is 34.6 Å². The minimum absolute atomic E-state index is 0.0253. The maximum absolute atomic E-state index is 9.75. The summed E-state index contributed by atoms with van der Waals surface area (Å²) in [5, 5.41) is 16.8. The number of nitrogens with zero attached hydrogens (tertiary/aromatic N) is 4. The summed E-state index contributed by atoms with van der Waals surface area (Å²) in [5.74, 6) is 0. The standard InChI is InChI=1S/C74H58N4/c1-73(2,3)60-28-34-63(35-29-60)77(65-44-56(50-14-10-8-11-15-50)42-58(46-65)52-20-18-49(48-75)19-21-52)69-40-26-54-25-39-68-70(41-27-55-24-38-67(69)71(54)72(55)68)78(64-36-30-61(31-37-64)74(4,5)6)66-45-57(51-16-12-9-13-17-51)43-59(47-66)53-22-32-62(76-7)33-23-53/h8-47H,1-6H3. The molecule has 78 heavy (non-hydrogen) atoms. The molecule has 12 aromatic rings. The summed E-state index contributed by atoms with van der Waals surface area (Å²) in [5.41, 5.74) is 18.7. The van der Waals surface area contributed by atoms with Crippen molar-refractivity contribution in [3.05, 3.63) is 271 Å². The third-order valence-corrected chi connectivity index (χ3v) is 15.3. The Morgan fingerprint density at radius 3 is 1.08 bits per heavy atom. The average Bonchev–Trinajstić information content (AvgIpc) is 3.59. The molecule has 374 valence electrons. The molecule has 4 heteroatoms. The van der Waals surface area contributed by atoms with Crippen molar-refractivity contribution in [2.24, 2.45) is 0 Å². The fourth-order valence-corrected chi connectivity index (χ4v) is 11.1. The number of benzene rings is 12. The zero-order valence-corrected chi connectivity index (χ0v) is 44.9. The average molecular weight is 1000 g/mol. The second-order valence-corrected chi connectivity index (χ2v) is 22.5. The van der Waals surface area contributed by atoms with Crippen molar-refractivity contribution in [3.8, 4) is 50.6 Å². The van der Waals surface area contributed by atoms with Crippen LogP contribution in [0.5, 0.6) is 0 Å². The molecule has 0 radical (unpaired) electrons. The Hall–Kier alpha value is -9.74. The normalized spacial score (nSPS) is 11.7. The van der Waals surface area contributed by atoms with Crippen LogP contribution in [-0.2, 0) is 10.8 Å². The van der Waals surface area contributed by atoms with Gasteiger partial charge >= 0.3 is 0 Å². The van der Waals surface area contributed by atoms with Crippen molar-refractivity contribution < 1.29 is 0 Å². The molecule has 12 rings (SSSR count). The molecule has 0 bridgehead atoms. The van der Waals surface area contributed by atoms with Gasteiger partial charge in [0, 0.05) is 33.5 Å². The highest BCUT2D eigenvalue weighted by molar-refractivity contribution is 6.28. The monoisotopic (exact) mass is 1000 g/mol. The van der Waals surface area contributed by atoms with Crippen LogP contribution in [0.1, 0.15) is 58.2 Å². The van der Waals surface area contributed by atoms with Crippen molar-refractivity contribution in [2.45, 2.75) is 52.4 Å². The SMILES string of the molecule is [C-]#[N+]c1ccc(-c2cc(-c3ccccc3)cc(N(c3ccc(C(C)(C)C)cc3)c3ccc4ccc5c(N(c6ccc(C(C)(C)C)cc6)c6cc(-c7ccccc7)cc(-c7ccc(C#N)cc7)c6)ccc6ccc3c4c65)c2)cc1. The van der Waals surface area contributed by atoms with E-state index in [1.807, 2.05) is 24.3 Å². The molecular weight excluding hydrogens is 945 g/mol. The van der Waals surface area contributed by atoms with Crippen LogP contribution in [-0.4, -0.2) is 0 Å². The zero-order valence-electron chi connectivity index (χ0n) is 44.9. The number of anilines is 6. The van der Waals surface area contributed by atoms with Crippen molar-refractivity contribution in [1.82, 2.24) is 0 Å². The maximum atomic E-state index is 9.75. The van der Waals surface area contributed by atoms with Gasteiger partial charge < -0.3 is 9.80 Å². The van der Waals surface area contributed by atoms with Gasteiger partial charge in [0.25, 0.3) is 0 Å². The first-order valence-corrected chi connectivity index (χ1v) is 26.7. The highest BCUT2D eigenvalue weighted by Gasteiger charge is 2.25. The molecule has 0 unspecified atom stereocenters. The van der Waals surface area contributed by atoms with Gasteiger partial charge in [0.1, 0.15) is 0 Å². The summed E-state index contributed by atoms with van der Waals surface area (Å²) in [6.45, 7) is 21.3. The lowest BCUT2D eigenvalue weighted by Gasteiger charge is -2.31. The largest absolute Gasteiger partial charge is 0.310 e. The molecule has 0 aliphatic heterocycles. The van der Waals surface area contributed by atoms with E-state index in [2.05, 4.69) is 281 Å². The van der Waals surface area contributed by atoms with Gasteiger partial charge in [-0.2, -0.15) is 5.26 Å². The summed E-state index contributed by atoms with van der Waals surface area (Å²) in [6.07, 6.45) is 0. The van der Waals surface area contributed by atoms with E-state index in [1.54, 1.807) is 0 Å². The lowest BCUT2D eigenvalue weighted by Crippen LogP contribution is -2.14. The summed E-state index contributed by atoms with van der Waals surface area (Å²) in [7, 11) is 0. The Bertz CT molecular complexity index is 3970. The molecule has 0 aromatic heterocycles. The van der Waals surface area contributed by atoms with Crippen molar-refractivity contribution in [1.29, 1.82) is 5.26 Å². The Morgan fingerprint density at radius 1 is 0.359 bits per heavy atom. The van der Waals surface area contributed by atoms with E-state index in [0.29, 0.717) is 11.3 Å². The first kappa shape index (κ1) is 49.2. The van der Waals surface area contributed by atoms with E-state index < -0.39 is 0 Å². The van der Waals surface area contributed by atoms with Crippen LogP contribution in [0, 0.1) is 17.9 Å². The third kappa shape index (κ3) is 9.29. The quantitative estimate of drug-likeness (QED) is 0.101. The fraction of sp³-hybridized carbons (Fsp3) is 0.108.